The zero-order valence-corrected chi connectivity index (χ0v) is 9.27. The molecule has 0 aromatic heterocycles. The average Bonchev–Trinajstić information content (AvgIpc) is 2.38. The summed E-state index contributed by atoms with van der Waals surface area (Å²) in [6.45, 7) is 0. The first-order valence-electron chi connectivity index (χ1n) is 5.62. The number of nitrogens with two attached hydrogens (primary N) is 1. The molecule has 1 nitrogen and oxygen atoms in total. The molecule has 0 saturated carbocycles. The minimum Gasteiger partial charge on any atom is -0.324 e. The van der Waals surface area contributed by atoms with E-state index < -0.39 is 0 Å². The molecule has 81 valence electrons. The smallest absolute Gasteiger partial charge is 0.0298 e. The SMILES string of the molecule is NC(CCc1cc[c]cc1)c1ccccc1. The fourth-order valence-corrected chi connectivity index (χ4v) is 1.78. The summed E-state index contributed by atoms with van der Waals surface area (Å²) in [6, 6.07) is 21.5. The molecule has 0 aliphatic heterocycles. The molecule has 0 bridgehead atoms. The van der Waals surface area contributed by atoms with Crippen LogP contribution in [0.15, 0.2) is 54.6 Å². The summed E-state index contributed by atoms with van der Waals surface area (Å²) in [7, 11) is 0. The van der Waals surface area contributed by atoms with E-state index >= 15 is 0 Å². The van der Waals surface area contributed by atoms with Crippen molar-refractivity contribution < 1.29 is 0 Å². The van der Waals surface area contributed by atoms with Crippen LogP contribution in [0.2, 0.25) is 0 Å². The number of hydrogen-bond acceptors (Lipinski definition) is 1. The summed E-state index contributed by atoms with van der Waals surface area (Å²) in [5.41, 5.74) is 8.67. The lowest BCUT2D eigenvalue weighted by molar-refractivity contribution is 0.651. The van der Waals surface area contributed by atoms with Crippen LogP contribution in [0.5, 0.6) is 0 Å². The lowest BCUT2D eigenvalue weighted by Crippen LogP contribution is -2.11. The van der Waals surface area contributed by atoms with Crippen molar-refractivity contribution in [3.63, 3.8) is 0 Å². The highest BCUT2D eigenvalue weighted by Gasteiger charge is 2.04. The van der Waals surface area contributed by atoms with Crippen molar-refractivity contribution in [1.82, 2.24) is 0 Å². The highest BCUT2D eigenvalue weighted by Crippen LogP contribution is 2.16. The molecule has 0 aliphatic carbocycles. The normalized spacial score (nSPS) is 12.3. The van der Waals surface area contributed by atoms with Crippen molar-refractivity contribution in [2.45, 2.75) is 18.9 Å². The Morgan fingerprint density at radius 2 is 1.69 bits per heavy atom. The van der Waals surface area contributed by atoms with Gasteiger partial charge in [-0.2, -0.15) is 0 Å². The summed E-state index contributed by atoms with van der Waals surface area (Å²) < 4.78 is 0. The van der Waals surface area contributed by atoms with Gasteiger partial charge >= 0.3 is 0 Å². The first-order valence-corrected chi connectivity index (χ1v) is 5.62. The molecule has 0 spiro atoms. The number of hydrogen-bond donors (Lipinski definition) is 1. The second-order valence-electron chi connectivity index (χ2n) is 3.96. The fourth-order valence-electron chi connectivity index (χ4n) is 1.78. The Hall–Kier alpha value is -1.60. The zero-order chi connectivity index (χ0) is 11.2. The van der Waals surface area contributed by atoms with Crippen LogP contribution in [0, 0.1) is 6.07 Å². The lowest BCUT2D eigenvalue weighted by atomic mass is 10.00. The van der Waals surface area contributed by atoms with Gasteiger partial charge < -0.3 is 5.73 Å². The third-order valence-corrected chi connectivity index (χ3v) is 2.76. The van der Waals surface area contributed by atoms with Gasteiger partial charge in [-0.3, -0.25) is 0 Å². The molecular formula is C15H16N. The van der Waals surface area contributed by atoms with E-state index in [2.05, 4.69) is 30.3 Å². The van der Waals surface area contributed by atoms with E-state index in [4.69, 9.17) is 5.73 Å². The minimum absolute atomic E-state index is 0.130. The number of aryl methyl sites for hydroxylation is 1. The predicted octanol–water partition coefficient (Wildman–Crippen LogP) is 3.12. The monoisotopic (exact) mass is 210 g/mol. The number of rotatable bonds is 4. The Morgan fingerprint density at radius 3 is 2.38 bits per heavy atom. The van der Waals surface area contributed by atoms with Gasteiger partial charge in [-0.1, -0.05) is 54.6 Å². The molecule has 2 N–H and O–H groups in total. The van der Waals surface area contributed by atoms with Gasteiger partial charge in [0, 0.05) is 6.04 Å². The van der Waals surface area contributed by atoms with Gasteiger partial charge in [0.15, 0.2) is 0 Å². The van der Waals surface area contributed by atoms with Crippen LogP contribution in [0.4, 0.5) is 0 Å². The molecule has 2 rings (SSSR count). The standard InChI is InChI=1S/C15H16N/c16-15(14-9-5-2-6-10-14)12-11-13-7-3-1-4-8-13/h2-10,15H,11-12,16H2. The van der Waals surface area contributed by atoms with Crippen LogP contribution in [-0.4, -0.2) is 0 Å². The summed E-state index contributed by atoms with van der Waals surface area (Å²) >= 11 is 0. The summed E-state index contributed by atoms with van der Waals surface area (Å²) in [6.07, 6.45) is 2.00. The van der Waals surface area contributed by atoms with Gasteiger partial charge in [0.2, 0.25) is 0 Å². The van der Waals surface area contributed by atoms with Crippen LogP contribution in [-0.2, 0) is 6.42 Å². The van der Waals surface area contributed by atoms with E-state index in [1.54, 1.807) is 0 Å². The van der Waals surface area contributed by atoms with Gasteiger partial charge in [0.25, 0.3) is 0 Å². The van der Waals surface area contributed by atoms with E-state index in [1.165, 1.54) is 11.1 Å². The molecule has 0 aliphatic rings. The molecule has 0 amide bonds. The Morgan fingerprint density at radius 1 is 1.00 bits per heavy atom. The highest BCUT2D eigenvalue weighted by molar-refractivity contribution is 5.19. The quantitative estimate of drug-likeness (QED) is 0.824. The van der Waals surface area contributed by atoms with Gasteiger partial charge in [0.1, 0.15) is 0 Å². The maximum atomic E-state index is 6.14. The second-order valence-corrected chi connectivity index (χ2v) is 3.96. The molecule has 0 fully saturated rings. The molecular weight excluding hydrogens is 194 g/mol. The Kier molecular flexibility index (Phi) is 3.73. The van der Waals surface area contributed by atoms with Crippen molar-refractivity contribution in [2.75, 3.05) is 0 Å². The van der Waals surface area contributed by atoms with Crippen LogP contribution < -0.4 is 5.73 Å². The summed E-state index contributed by atoms with van der Waals surface area (Å²) in [5, 5.41) is 0. The van der Waals surface area contributed by atoms with Crippen LogP contribution in [0.25, 0.3) is 0 Å². The van der Waals surface area contributed by atoms with E-state index in [0.29, 0.717) is 0 Å². The molecule has 0 heterocycles. The Balaban J connectivity index is 1.92. The van der Waals surface area contributed by atoms with Gasteiger partial charge in [-0.15, -0.1) is 0 Å². The molecule has 2 aromatic rings. The summed E-state index contributed by atoms with van der Waals surface area (Å²) in [5.74, 6) is 0. The fraction of sp³-hybridized carbons (Fsp3) is 0.200. The van der Waals surface area contributed by atoms with Crippen molar-refractivity contribution in [3.05, 3.63) is 71.8 Å². The van der Waals surface area contributed by atoms with E-state index in [1.807, 2.05) is 30.3 Å². The maximum Gasteiger partial charge on any atom is 0.0298 e. The molecule has 1 atom stereocenters. The molecule has 1 unspecified atom stereocenters. The zero-order valence-electron chi connectivity index (χ0n) is 9.27. The number of benzene rings is 2. The van der Waals surface area contributed by atoms with Crippen molar-refractivity contribution >= 4 is 0 Å². The van der Waals surface area contributed by atoms with Gasteiger partial charge in [-0.25, -0.2) is 0 Å². The first-order chi connectivity index (χ1) is 7.86. The molecule has 2 aromatic carbocycles. The van der Waals surface area contributed by atoms with Crippen molar-refractivity contribution in [1.29, 1.82) is 0 Å². The highest BCUT2D eigenvalue weighted by atomic mass is 14.6. The van der Waals surface area contributed by atoms with Crippen LogP contribution >= 0.6 is 0 Å². The van der Waals surface area contributed by atoms with E-state index in [9.17, 15) is 0 Å². The van der Waals surface area contributed by atoms with E-state index in [-0.39, 0.29) is 6.04 Å². The third kappa shape index (κ3) is 2.94. The molecule has 0 saturated heterocycles. The van der Waals surface area contributed by atoms with E-state index in [0.717, 1.165) is 12.8 Å². The molecule has 1 heteroatoms. The van der Waals surface area contributed by atoms with Gasteiger partial charge in [-0.05, 0) is 30.0 Å². The lowest BCUT2D eigenvalue weighted by Gasteiger charge is -2.11. The minimum atomic E-state index is 0.130. The topological polar surface area (TPSA) is 26.0 Å². The third-order valence-electron chi connectivity index (χ3n) is 2.76. The van der Waals surface area contributed by atoms with Gasteiger partial charge in [0.05, 0.1) is 0 Å². The second kappa shape index (κ2) is 5.47. The maximum absolute atomic E-state index is 6.14. The Labute approximate surface area is 96.9 Å². The van der Waals surface area contributed by atoms with Crippen LogP contribution in [0.1, 0.15) is 23.6 Å². The van der Waals surface area contributed by atoms with Crippen molar-refractivity contribution in [2.24, 2.45) is 5.73 Å². The first kappa shape index (κ1) is 10.9. The largest absolute Gasteiger partial charge is 0.324 e. The Bertz CT molecular complexity index is 408. The van der Waals surface area contributed by atoms with Crippen LogP contribution in [0.3, 0.4) is 0 Å². The van der Waals surface area contributed by atoms with Crippen molar-refractivity contribution in [3.8, 4) is 0 Å². The average molecular weight is 210 g/mol. The predicted molar refractivity (Wildman–Crippen MR) is 67.0 cm³/mol. The molecule has 16 heavy (non-hydrogen) atoms. The molecule has 1 radical (unpaired) electrons. The summed E-state index contributed by atoms with van der Waals surface area (Å²) in [4.78, 5) is 0.